The largest absolute Gasteiger partial charge is 0.333 e. The molecule has 1 aromatic rings. The molecule has 20 heavy (non-hydrogen) atoms. The molecule has 6 heteroatoms. The summed E-state index contributed by atoms with van der Waals surface area (Å²) in [6, 6.07) is 5.19. The number of carbonyl (C=O) groups excluding carboxylic acids is 2. The minimum atomic E-state index is -0.614. The van der Waals surface area contributed by atoms with Gasteiger partial charge in [0.1, 0.15) is 0 Å². The maximum atomic E-state index is 12.1. The normalized spacial score (nSPS) is 15.6. The molecule has 0 atom stereocenters. The second kappa shape index (κ2) is 6.72. The van der Waals surface area contributed by atoms with E-state index in [2.05, 4.69) is 10.6 Å². The lowest BCUT2D eigenvalue weighted by Crippen LogP contribution is -2.41. The van der Waals surface area contributed by atoms with Crippen LogP contribution < -0.4 is 10.6 Å². The van der Waals surface area contributed by atoms with Crippen LogP contribution in [-0.4, -0.2) is 42.9 Å². The fraction of sp³-hybridized carbons (Fsp3) is 0.429. The van der Waals surface area contributed by atoms with E-state index in [1.165, 1.54) is 0 Å². The van der Waals surface area contributed by atoms with Crippen LogP contribution in [0.2, 0.25) is 5.02 Å². The molecule has 2 N–H and O–H groups in total. The number of hydrogen-bond donors (Lipinski definition) is 2. The average molecular weight is 296 g/mol. The van der Waals surface area contributed by atoms with Crippen LogP contribution in [0.5, 0.6) is 0 Å². The summed E-state index contributed by atoms with van der Waals surface area (Å²) in [6.45, 7) is 4.61. The maximum Gasteiger partial charge on any atom is 0.313 e. The van der Waals surface area contributed by atoms with Crippen molar-refractivity contribution in [2.75, 3.05) is 31.5 Å². The highest BCUT2D eigenvalue weighted by Gasteiger charge is 2.22. The number of halogens is 1. The van der Waals surface area contributed by atoms with E-state index in [1.54, 1.807) is 23.1 Å². The summed E-state index contributed by atoms with van der Waals surface area (Å²) in [5.74, 6) is -1.11. The lowest BCUT2D eigenvalue weighted by molar-refractivity contribution is -0.143. The predicted molar refractivity (Wildman–Crippen MR) is 78.9 cm³/mol. The van der Waals surface area contributed by atoms with Gasteiger partial charge in [0.25, 0.3) is 0 Å². The number of amides is 2. The van der Waals surface area contributed by atoms with E-state index in [4.69, 9.17) is 11.6 Å². The van der Waals surface area contributed by atoms with Gasteiger partial charge in [0.15, 0.2) is 0 Å². The van der Waals surface area contributed by atoms with Crippen molar-refractivity contribution in [2.45, 2.75) is 13.3 Å². The molecule has 108 valence electrons. The van der Waals surface area contributed by atoms with Crippen LogP contribution in [0.4, 0.5) is 5.69 Å². The van der Waals surface area contributed by atoms with E-state index in [0.717, 1.165) is 25.1 Å². The zero-order valence-corrected chi connectivity index (χ0v) is 12.2. The van der Waals surface area contributed by atoms with Gasteiger partial charge in [-0.25, -0.2) is 0 Å². The van der Waals surface area contributed by atoms with Crippen molar-refractivity contribution >= 4 is 29.1 Å². The maximum absolute atomic E-state index is 12.1. The zero-order valence-electron chi connectivity index (χ0n) is 11.4. The van der Waals surface area contributed by atoms with Crippen molar-refractivity contribution in [3.05, 3.63) is 28.8 Å². The molecule has 0 unspecified atom stereocenters. The summed E-state index contributed by atoms with van der Waals surface area (Å²) >= 11 is 5.90. The Morgan fingerprint density at radius 2 is 2.10 bits per heavy atom. The lowest BCUT2D eigenvalue weighted by atomic mass is 10.2. The molecule has 0 aromatic heterocycles. The van der Waals surface area contributed by atoms with Gasteiger partial charge in [0.2, 0.25) is 0 Å². The average Bonchev–Trinajstić information content (AvgIpc) is 2.71. The number of aryl methyl sites for hydroxylation is 1. The SMILES string of the molecule is Cc1ccc(Cl)cc1NC(=O)C(=O)N1CCCNCC1. The number of carbonyl (C=O) groups is 2. The van der Waals surface area contributed by atoms with Crippen LogP contribution in [0.15, 0.2) is 18.2 Å². The molecule has 0 aliphatic carbocycles. The second-order valence-electron chi connectivity index (χ2n) is 4.81. The Bertz CT molecular complexity index is 511. The second-order valence-corrected chi connectivity index (χ2v) is 5.25. The van der Waals surface area contributed by atoms with Gasteiger partial charge >= 0.3 is 11.8 Å². The highest BCUT2D eigenvalue weighted by molar-refractivity contribution is 6.39. The van der Waals surface area contributed by atoms with Crippen molar-refractivity contribution < 1.29 is 9.59 Å². The highest BCUT2D eigenvalue weighted by Crippen LogP contribution is 2.20. The van der Waals surface area contributed by atoms with E-state index in [9.17, 15) is 9.59 Å². The third-order valence-corrected chi connectivity index (χ3v) is 3.50. The predicted octanol–water partition coefficient (Wildman–Crippen LogP) is 1.41. The lowest BCUT2D eigenvalue weighted by Gasteiger charge is -2.19. The third-order valence-electron chi connectivity index (χ3n) is 3.27. The molecule has 1 saturated heterocycles. The van der Waals surface area contributed by atoms with E-state index in [0.29, 0.717) is 23.8 Å². The molecule has 0 bridgehead atoms. The molecule has 2 rings (SSSR count). The molecule has 0 spiro atoms. The fourth-order valence-corrected chi connectivity index (χ4v) is 2.27. The summed E-state index contributed by atoms with van der Waals surface area (Å²) < 4.78 is 0. The summed E-state index contributed by atoms with van der Waals surface area (Å²) in [6.07, 6.45) is 0.856. The number of nitrogens with one attached hydrogen (secondary N) is 2. The summed E-state index contributed by atoms with van der Waals surface area (Å²) in [5.41, 5.74) is 1.44. The summed E-state index contributed by atoms with van der Waals surface area (Å²) in [4.78, 5) is 25.7. The van der Waals surface area contributed by atoms with E-state index in [-0.39, 0.29) is 0 Å². The smallest absolute Gasteiger partial charge is 0.313 e. The number of anilines is 1. The van der Waals surface area contributed by atoms with Gasteiger partial charge in [0, 0.05) is 30.3 Å². The molecule has 1 aliphatic heterocycles. The zero-order chi connectivity index (χ0) is 14.5. The number of rotatable bonds is 1. The first kappa shape index (κ1) is 14.8. The molecular formula is C14H18ClN3O2. The van der Waals surface area contributed by atoms with Gasteiger partial charge < -0.3 is 15.5 Å². The molecule has 1 aromatic carbocycles. The Labute approximate surface area is 123 Å². The third kappa shape index (κ3) is 3.71. The molecule has 1 fully saturated rings. The quantitative estimate of drug-likeness (QED) is 0.770. The Hall–Kier alpha value is -1.59. The van der Waals surface area contributed by atoms with Crippen LogP contribution in [0.25, 0.3) is 0 Å². The van der Waals surface area contributed by atoms with Crippen LogP contribution in [0.1, 0.15) is 12.0 Å². The molecular weight excluding hydrogens is 278 g/mol. The molecule has 0 saturated carbocycles. The minimum Gasteiger partial charge on any atom is -0.333 e. The van der Waals surface area contributed by atoms with Crippen molar-refractivity contribution in [3.8, 4) is 0 Å². The van der Waals surface area contributed by atoms with Crippen molar-refractivity contribution in [2.24, 2.45) is 0 Å². The fourth-order valence-electron chi connectivity index (χ4n) is 2.10. The Morgan fingerprint density at radius 1 is 1.30 bits per heavy atom. The van der Waals surface area contributed by atoms with Gasteiger partial charge in [-0.3, -0.25) is 9.59 Å². The van der Waals surface area contributed by atoms with Gasteiger partial charge in [-0.2, -0.15) is 0 Å². The van der Waals surface area contributed by atoms with E-state index >= 15 is 0 Å². The summed E-state index contributed by atoms with van der Waals surface area (Å²) in [7, 11) is 0. The van der Waals surface area contributed by atoms with Crippen molar-refractivity contribution in [1.82, 2.24) is 10.2 Å². The number of hydrogen-bond acceptors (Lipinski definition) is 3. The number of benzene rings is 1. The van der Waals surface area contributed by atoms with Gasteiger partial charge in [0.05, 0.1) is 0 Å². The molecule has 5 nitrogen and oxygen atoms in total. The molecule has 0 radical (unpaired) electrons. The van der Waals surface area contributed by atoms with Crippen LogP contribution in [-0.2, 0) is 9.59 Å². The number of nitrogens with zero attached hydrogens (tertiary/aromatic N) is 1. The standard InChI is InChI=1S/C14H18ClN3O2/c1-10-3-4-11(15)9-12(10)17-13(19)14(20)18-7-2-5-16-6-8-18/h3-4,9,16H,2,5-8H2,1H3,(H,17,19). The molecule has 1 heterocycles. The first-order valence-corrected chi connectivity index (χ1v) is 7.03. The topological polar surface area (TPSA) is 61.4 Å². The Morgan fingerprint density at radius 3 is 2.90 bits per heavy atom. The van der Waals surface area contributed by atoms with E-state index < -0.39 is 11.8 Å². The minimum absolute atomic E-state index is 0.493. The van der Waals surface area contributed by atoms with Crippen LogP contribution in [0, 0.1) is 6.92 Å². The first-order valence-electron chi connectivity index (χ1n) is 6.65. The Balaban J connectivity index is 2.03. The Kier molecular flexibility index (Phi) is 4.98. The van der Waals surface area contributed by atoms with Crippen molar-refractivity contribution in [1.29, 1.82) is 0 Å². The van der Waals surface area contributed by atoms with Gasteiger partial charge in [-0.1, -0.05) is 17.7 Å². The molecule has 2 amide bonds. The van der Waals surface area contributed by atoms with Gasteiger partial charge in [-0.05, 0) is 37.6 Å². The monoisotopic (exact) mass is 295 g/mol. The van der Waals surface area contributed by atoms with E-state index in [1.807, 2.05) is 6.92 Å². The van der Waals surface area contributed by atoms with Crippen molar-refractivity contribution in [3.63, 3.8) is 0 Å². The van der Waals surface area contributed by atoms with Crippen LogP contribution >= 0.6 is 11.6 Å². The molecule has 1 aliphatic rings. The first-order chi connectivity index (χ1) is 9.58. The van der Waals surface area contributed by atoms with Crippen LogP contribution in [0.3, 0.4) is 0 Å². The summed E-state index contributed by atoms with van der Waals surface area (Å²) in [5, 5.41) is 6.35. The van der Waals surface area contributed by atoms with Gasteiger partial charge in [-0.15, -0.1) is 0 Å². The highest BCUT2D eigenvalue weighted by atomic mass is 35.5.